The molecule has 0 aliphatic heterocycles. The van der Waals surface area contributed by atoms with Crippen LogP contribution in [0.1, 0.15) is 16.1 Å². The van der Waals surface area contributed by atoms with Crippen LogP contribution in [-0.4, -0.2) is 25.5 Å². The number of halogens is 1. The highest BCUT2D eigenvalue weighted by Crippen LogP contribution is 2.29. The lowest BCUT2D eigenvalue weighted by Crippen LogP contribution is -2.13. The molecule has 168 valence electrons. The van der Waals surface area contributed by atoms with Gasteiger partial charge in [-0.25, -0.2) is 4.98 Å². The van der Waals surface area contributed by atoms with Crippen LogP contribution in [-0.2, 0) is 6.54 Å². The van der Waals surface area contributed by atoms with Crippen molar-refractivity contribution in [2.75, 3.05) is 16.4 Å². The number of carbonyl (C=O) groups excluding carboxylic acids is 1. The molecule has 0 unspecified atom stereocenters. The third-order valence-electron chi connectivity index (χ3n) is 5.22. The Morgan fingerprint density at radius 3 is 2.71 bits per heavy atom. The van der Waals surface area contributed by atoms with Crippen molar-refractivity contribution in [3.63, 3.8) is 0 Å². The van der Waals surface area contributed by atoms with Crippen molar-refractivity contribution in [1.29, 1.82) is 0 Å². The molecule has 0 spiro atoms. The van der Waals surface area contributed by atoms with Gasteiger partial charge < -0.3 is 16.4 Å². The van der Waals surface area contributed by atoms with E-state index >= 15 is 0 Å². The van der Waals surface area contributed by atoms with Crippen LogP contribution in [0.25, 0.3) is 16.9 Å². The van der Waals surface area contributed by atoms with Gasteiger partial charge in [0.1, 0.15) is 11.5 Å². The van der Waals surface area contributed by atoms with Crippen molar-refractivity contribution in [1.82, 2.24) is 19.6 Å². The monoisotopic (exact) mass is 513 g/mol. The van der Waals surface area contributed by atoms with E-state index < -0.39 is 0 Å². The van der Waals surface area contributed by atoms with Crippen molar-refractivity contribution < 1.29 is 4.79 Å². The van der Waals surface area contributed by atoms with Gasteiger partial charge in [-0.1, -0.05) is 36.4 Å². The van der Waals surface area contributed by atoms with E-state index in [1.165, 1.54) is 0 Å². The van der Waals surface area contributed by atoms with Gasteiger partial charge >= 0.3 is 0 Å². The molecule has 3 heterocycles. The van der Waals surface area contributed by atoms with Gasteiger partial charge in [-0.3, -0.25) is 9.78 Å². The third kappa shape index (κ3) is 4.46. The summed E-state index contributed by atoms with van der Waals surface area (Å²) in [5.41, 5.74) is 11.1. The summed E-state index contributed by atoms with van der Waals surface area (Å²) in [5, 5.41) is 10.8. The molecule has 9 heteroatoms. The van der Waals surface area contributed by atoms with Gasteiger partial charge in [0.05, 0.1) is 16.4 Å². The second-order valence-corrected chi connectivity index (χ2v) is 8.42. The van der Waals surface area contributed by atoms with Crippen LogP contribution in [0, 0.1) is 0 Å². The first kappa shape index (κ1) is 21.6. The number of fused-ring (bicyclic) bond motifs is 1. The lowest BCUT2D eigenvalue weighted by molar-refractivity contribution is 0.102. The second kappa shape index (κ2) is 9.32. The molecule has 2 aromatic carbocycles. The van der Waals surface area contributed by atoms with E-state index in [1.54, 1.807) is 35.1 Å². The highest BCUT2D eigenvalue weighted by Gasteiger charge is 2.13. The first-order chi connectivity index (χ1) is 16.6. The van der Waals surface area contributed by atoms with Gasteiger partial charge in [0.25, 0.3) is 5.91 Å². The number of nitrogens with two attached hydrogens (primary N) is 1. The molecule has 5 rings (SSSR count). The Morgan fingerprint density at radius 2 is 1.88 bits per heavy atom. The Morgan fingerprint density at radius 1 is 1.03 bits per heavy atom. The number of anilines is 3. The lowest BCUT2D eigenvalue weighted by atomic mass is 10.1. The Hall–Kier alpha value is -4.24. The van der Waals surface area contributed by atoms with Crippen LogP contribution in [0.3, 0.4) is 0 Å². The highest BCUT2D eigenvalue weighted by atomic mass is 79.9. The summed E-state index contributed by atoms with van der Waals surface area (Å²) >= 11 is 3.52. The second-order valence-electron chi connectivity index (χ2n) is 7.56. The maximum absolute atomic E-state index is 12.4. The first-order valence-electron chi connectivity index (χ1n) is 10.5. The SMILES string of the molecule is Nc1ccccc1-c1cc(NCc2cccc(NC(=O)c3ccccn3)c2)n2ncc(Br)c2n1. The molecule has 4 N–H and O–H groups in total. The summed E-state index contributed by atoms with van der Waals surface area (Å²) in [4.78, 5) is 21.3. The largest absolute Gasteiger partial charge is 0.398 e. The van der Waals surface area contributed by atoms with Crippen LogP contribution < -0.4 is 16.4 Å². The number of para-hydroxylation sites is 1. The van der Waals surface area contributed by atoms with E-state index in [0.717, 1.165) is 27.1 Å². The molecular formula is C25H20BrN7O. The van der Waals surface area contributed by atoms with Gasteiger partial charge in [0, 0.05) is 35.7 Å². The minimum absolute atomic E-state index is 0.256. The number of nitrogens with one attached hydrogen (secondary N) is 2. The molecule has 0 saturated heterocycles. The van der Waals surface area contributed by atoms with E-state index in [2.05, 4.69) is 36.6 Å². The number of nitrogen functional groups attached to an aromatic ring is 1. The van der Waals surface area contributed by atoms with Crippen molar-refractivity contribution in [2.45, 2.75) is 6.54 Å². The topological polar surface area (TPSA) is 110 Å². The fraction of sp³-hybridized carbons (Fsp3) is 0.0400. The zero-order valence-electron chi connectivity index (χ0n) is 17.9. The Bertz CT molecular complexity index is 1480. The number of amides is 1. The summed E-state index contributed by atoms with van der Waals surface area (Å²) in [7, 11) is 0. The number of nitrogens with zero attached hydrogens (tertiary/aromatic N) is 4. The number of hydrogen-bond acceptors (Lipinski definition) is 6. The number of pyridine rings is 1. The minimum atomic E-state index is -0.256. The van der Waals surface area contributed by atoms with Gasteiger partial charge in [0.15, 0.2) is 5.65 Å². The van der Waals surface area contributed by atoms with Crippen molar-refractivity contribution in [3.8, 4) is 11.3 Å². The van der Waals surface area contributed by atoms with Crippen LogP contribution in [0.2, 0.25) is 0 Å². The van der Waals surface area contributed by atoms with Crippen LogP contribution in [0.5, 0.6) is 0 Å². The van der Waals surface area contributed by atoms with E-state index in [1.807, 2.05) is 54.6 Å². The fourth-order valence-corrected chi connectivity index (χ4v) is 3.92. The van der Waals surface area contributed by atoms with Gasteiger partial charge in [0.2, 0.25) is 0 Å². The predicted octanol–water partition coefficient (Wildman–Crippen LogP) is 5.00. The molecule has 0 saturated carbocycles. The first-order valence-corrected chi connectivity index (χ1v) is 11.3. The number of carbonyl (C=O) groups is 1. The van der Waals surface area contributed by atoms with Gasteiger partial charge in [-0.2, -0.15) is 9.61 Å². The summed E-state index contributed by atoms with van der Waals surface area (Å²) in [6.07, 6.45) is 3.30. The summed E-state index contributed by atoms with van der Waals surface area (Å²) in [6, 6.07) is 22.4. The Kier molecular flexibility index (Phi) is 5.92. The molecular weight excluding hydrogens is 494 g/mol. The Labute approximate surface area is 204 Å². The molecule has 8 nitrogen and oxygen atoms in total. The minimum Gasteiger partial charge on any atom is -0.398 e. The van der Waals surface area contributed by atoms with Crippen molar-refractivity contribution in [2.24, 2.45) is 0 Å². The fourth-order valence-electron chi connectivity index (χ4n) is 3.57. The van der Waals surface area contributed by atoms with Gasteiger partial charge in [-0.05, 0) is 51.8 Å². The van der Waals surface area contributed by atoms with Gasteiger partial charge in [-0.15, -0.1) is 0 Å². The van der Waals surface area contributed by atoms with Crippen LogP contribution in [0.15, 0.2) is 89.7 Å². The molecule has 0 bridgehead atoms. The molecule has 1 amide bonds. The summed E-state index contributed by atoms with van der Waals surface area (Å²) in [5.74, 6) is 0.505. The number of rotatable bonds is 6. The van der Waals surface area contributed by atoms with E-state index in [4.69, 9.17) is 10.7 Å². The maximum Gasteiger partial charge on any atom is 0.274 e. The smallest absolute Gasteiger partial charge is 0.274 e. The molecule has 0 aliphatic rings. The van der Waals surface area contributed by atoms with Crippen LogP contribution >= 0.6 is 15.9 Å². The molecule has 34 heavy (non-hydrogen) atoms. The molecule has 0 aliphatic carbocycles. The average Bonchev–Trinajstić information content (AvgIpc) is 3.24. The quantitative estimate of drug-likeness (QED) is 0.275. The normalized spacial score (nSPS) is 10.9. The summed E-state index contributed by atoms with van der Waals surface area (Å²) < 4.78 is 2.52. The molecule has 0 atom stereocenters. The third-order valence-corrected chi connectivity index (χ3v) is 5.78. The number of hydrogen-bond donors (Lipinski definition) is 3. The van der Waals surface area contributed by atoms with E-state index in [0.29, 0.717) is 29.3 Å². The predicted molar refractivity (Wildman–Crippen MR) is 136 cm³/mol. The van der Waals surface area contributed by atoms with Crippen LogP contribution in [0.4, 0.5) is 17.2 Å². The van der Waals surface area contributed by atoms with Crippen molar-refractivity contribution in [3.05, 3.63) is 101 Å². The van der Waals surface area contributed by atoms with Crippen molar-refractivity contribution >= 4 is 44.7 Å². The standard InChI is InChI=1S/C25H20BrN7O/c26-19-15-30-33-23(13-22(32-24(19)33)18-8-1-2-9-20(18)27)29-14-16-6-5-7-17(12-16)31-25(34)21-10-3-4-11-28-21/h1-13,15,29H,14,27H2,(H,31,34). The van der Waals surface area contributed by atoms with E-state index in [-0.39, 0.29) is 5.91 Å². The lowest BCUT2D eigenvalue weighted by Gasteiger charge is -2.13. The number of aromatic nitrogens is 4. The molecule has 5 aromatic rings. The number of benzene rings is 2. The Balaban J connectivity index is 1.40. The molecule has 0 fully saturated rings. The molecule has 3 aromatic heterocycles. The molecule has 0 radical (unpaired) electrons. The highest BCUT2D eigenvalue weighted by molar-refractivity contribution is 9.10. The van der Waals surface area contributed by atoms with E-state index in [9.17, 15) is 4.79 Å². The summed E-state index contributed by atoms with van der Waals surface area (Å²) in [6.45, 7) is 0.508. The zero-order chi connectivity index (χ0) is 23.5. The average molecular weight is 514 g/mol. The maximum atomic E-state index is 12.4. The zero-order valence-corrected chi connectivity index (χ0v) is 19.5.